The van der Waals surface area contributed by atoms with Gasteiger partial charge in [-0.25, -0.2) is 0 Å². The highest BCUT2D eigenvalue weighted by molar-refractivity contribution is 7.80. The highest BCUT2D eigenvalue weighted by Gasteiger charge is 1.98. The second kappa shape index (κ2) is 6.24. The van der Waals surface area contributed by atoms with Gasteiger partial charge < -0.3 is 0 Å². The SMILES string of the molecule is SCCC#Cc1ccc(Cl)c(CCl)c1. The van der Waals surface area contributed by atoms with Crippen LogP contribution in [-0.2, 0) is 5.88 Å². The van der Waals surface area contributed by atoms with Crippen LogP contribution in [0.4, 0.5) is 0 Å². The van der Waals surface area contributed by atoms with E-state index in [2.05, 4.69) is 24.5 Å². The van der Waals surface area contributed by atoms with Crippen LogP contribution in [0.25, 0.3) is 0 Å². The van der Waals surface area contributed by atoms with E-state index >= 15 is 0 Å². The average Bonchev–Trinajstić information content (AvgIpc) is 2.21. The van der Waals surface area contributed by atoms with E-state index in [1.165, 1.54) is 0 Å². The largest absolute Gasteiger partial charge is 0.178 e. The summed E-state index contributed by atoms with van der Waals surface area (Å²) in [6, 6.07) is 5.63. The molecule has 1 aromatic rings. The molecule has 0 aliphatic rings. The third-order valence-corrected chi connectivity index (χ3v) is 2.54. The number of thiol groups is 1. The Balaban J connectivity index is 2.86. The van der Waals surface area contributed by atoms with Crippen molar-refractivity contribution < 1.29 is 0 Å². The Morgan fingerprint density at radius 1 is 1.36 bits per heavy atom. The summed E-state index contributed by atoms with van der Waals surface area (Å²) < 4.78 is 0. The minimum Gasteiger partial charge on any atom is -0.178 e. The normalized spacial score (nSPS) is 9.36. The number of alkyl halides is 1. The lowest BCUT2D eigenvalue weighted by Crippen LogP contribution is -1.82. The first kappa shape index (κ1) is 11.8. The standard InChI is InChI=1S/C11H10Cl2S/c12-8-10-7-9(3-1-2-6-14)4-5-11(10)13/h4-5,7,14H,2,6,8H2. The lowest BCUT2D eigenvalue weighted by molar-refractivity contribution is 1.31. The molecular formula is C11H10Cl2S. The second-order valence-electron chi connectivity index (χ2n) is 2.72. The van der Waals surface area contributed by atoms with Gasteiger partial charge in [-0.05, 0) is 23.8 Å². The van der Waals surface area contributed by atoms with Crippen molar-refractivity contribution in [2.45, 2.75) is 12.3 Å². The Morgan fingerprint density at radius 3 is 2.79 bits per heavy atom. The summed E-state index contributed by atoms with van der Waals surface area (Å²) in [5.41, 5.74) is 1.87. The predicted molar refractivity (Wildman–Crippen MR) is 66.4 cm³/mol. The van der Waals surface area contributed by atoms with Crippen LogP contribution in [0, 0.1) is 11.8 Å². The van der Waals surface area contributed by atoms with Crippen molar-refractivity contribution in [3.05, 3.63) is 34.3 Å². The molecule has 0 spiro atoms. The van der Waals surface area contributed by atoms with Crippen LogP contribution >= 0.6 is 35.8 Å². The van der Waals surface area contributed by atoms with Crippen molar-refractivity contribution in [1.82, 2.24) is 0 Å². The van der Waals surface area contributed by atoms with Crippen molar-refractivity contribution in [2.24, 2.45) is 0 Å². The average molecular weight is 245 g/mol. The van der Waals surface area contributed by atoms with Gasteiger partial charge in [-0.15, -0.1) is 11.6 Å². The second-order valence-corrected chi connectivity index (χ2v) is 3.84. The molecule has 0 bridgehead atoms. The van der Waals surface area contributed by atoms with Crippen molar-refractivity contribution in [3.63, 3.8) is 0 Å². The number of hydrogen-bond acceptors (Lipinski definition) is 1. The van der Waals surface area contributed by atoms with Crippen molar-refractivity contribution in [2.75, 3.05) is 5.75 Å². The maximum Gasteiger partial charge on any atom is 0.0489 e. The fourth-order valence-electron chi connectivity index (χ4n) is 0.975. The molecule has 0 atom stereocenters. The molecule has 0 fully saturated rings. The van der Waals surface area contributed by atoms with Crippen LogP contribution < -0.4 is 0 Å². The van der Waals surface area contributed by atoms with Gasteiger partial charge in [0.1, 0.15) is 0 Å². The first-order valence-electron chi connectivity index (χ1n) is 4.22. The van der Waals surface area contributed by atoms with Crippen LogP contribution in [0.2, 0.25) is 5.02 Å². The Bertz CT molecular complexity index is 363. The van der Waals surface area contributed by atoms with Crippen molar-refractivity contribution in [1.29, 1.82) is 0 Å². The monoisotopic (exact) mass is 244 g/mol. The molecule has 74 valence electrons. The minimum atomic E-state index is 0.418. The zero-order valence-corrected chi connectivity index (χ0v) is 9.96. The van der Waals surface area contributed by atoms with Crippen LogP contribution in [0.3, 0.4) is 0 Å². The van der Waals surface area contributed by atoms with Crippen LogP contribution in [0.15, 0.2) is 18.2 Å². The van der Waals surface area contributed by atoms with Gasteiger partial charge in [-0.3, -0.25) is 0 Å². The lowest BCUT2D eigenvalue weighted by atomic mass is 10.1. The fourth-order valence-corrected chi connectivity index (χ4v) is 1.56. The maximum absolute atomic E-state index is 5.91. The summed E-state index contributed by atoms with van der Waals surface area (Å²) in [6.07, 6.45) is 0.794. The van der Waals surface area contributed by atoms with Gasteiger partial charge in [-0.1, -0.05) is 23.4 Å². The van der Waals surface area contributed by atoms with E-state index in [1.54, 1.807) is 0 Å². The molecule has 0 heterocycles. The fraction of sp³-hybridized carbons (Fsp3) is 0.273. The van der Waals surface area contributed by atoms with E-state index < -0.39 is 0 Å². The zero-order chi connectivity index (χ0) is 10.4. The van der Waals surface area contributed by atoms with Gasteiger partial charge in [0.15, 0.2) is 0 Å². The molecule has 0 nitrogen and oxygen atoms in total. The quantitative estimate of drug-likeness (QED) is 0.458. The van der Waals surface area contributed by atoms with E-state index in [1.807, 2.05) is 18.2 Å². The zero-order valence-electron chi connectivity index (χ0n) is 7.56. The lowest BCUT2D eigenvalue weighted by Gasteiger charge is -1.99. The topological polar surface area (TPSA) is 0 Å². The number of halogens is 2. The molecule has 1 aromatic carbocycles. The van der Waals surface area contributed by atoms with Gasteiger partial charge >= 0.3 is 0 Å². The molecule has 0 saturated heterocycles. The molecule has 0 saturated carbocycles. The Kier molecular flexibility index (Phi) is 5.25. The summed E-state index contributed by atoms with van der Waals surface area (Å²) in [6.45, 7) is 0. The summed E-state index contributed by atoms with van der Waals surface area (Å²) in [5.74, 6) is 7.24. The van der Waals surface area contributed by atoms with E-state index in [4.69, 9.17) is 23.2 Å². The number of rotatable bonds is 2. The van der Waals surface area contributed by atoms with E-state index in [-0.39, 0.29) is 0 Å². The Morgan fingerprint density at radius 2 is 2.14 bits per heavy atom. The molecule has 0 aromatic heterocycles. The molecule has 1 rings (SSSR count). The third-order valence-electron chi connectivity index (χ3n) is 1.66. The summed E-state index contributed by atoms with van der Waals surface area (Å²) in [4.78, 5) is 0. The highest BCUT2D eigenvalue weighted by atomic mass is 35.5. The summed E-state index contributed by atoms with van der Waals surface area (Å²) in [7, 11) is 0. The van der Waals surface area contributed by atoms with E-state index in [0.29, 0.717) is 10.9 Å². The van der Waals surface area contributed by atoms with E-state index in [9.17, 15) is 0 Å². The van der Waals surface area contributed by atoms with Crippen LogP contribution in [0.5, 0.6) is 0 Å². The predicted octanol–water partition coefficient (Wildman–Crippen LogP) is 3.75. The van der Waals surface area contributed by atoms with Gasteiger partial charge in [0, 0.05) is 28.6 Å². The minimum absolute atomic E-state index is 0.418. The molecule has 0 amide bonds. The highest BCUT2D eigenvalue weighted by Crippen LogP contribution is 2.18. The first-order valence-corrected chi connectivity index (χ1v) is 5.76. The smallest absolute Gasteiger partial charge is 0.0489 e. The molecule has 0 unspecified atom stereocenters. The van der Waals surface area contributed by atoms with Crippen molar-refractivity contribution in [3.8, 4) is 11.8 Å². The van der Waals surface area contributed by atoms with Gasteiger partial charge in [-0.2, -0.15) is 12.6 Å². The van der Waals surface area contributed by atoms with Gasteiger partial charge in [0.25, 0.3) is 0 Å². The van der Waals surface area contributed by atoms with Crippen LogP contribution in [0.1, 0.15) is 17.5 Å². The summed E-state index contributed by atoms with van der Waals surface area (Å²) in [5, 5.41) is 0.694. The Labute approximate surface area is 100 Å². The van der Waals surface area contributed by atoms with E-state index in [0.717, 1.165) is 23.3 Å². The summed E-state index contributed by atoms with van der Waals surface area (Å²) >= 11 is 15.7. The maximum atomic E-state index is 5.91. The molecule has 0 aliphatic carbocycles. The van der Waals surface area contributed by atoms with Gasteiger partial charge in [0.2, 0.25) is 0 Å². The molecule has 0 N–H and O–H groups in total. The molecular weight excluding hydrogens is 235 g/mol. The Hall–Kier alpha value is -0.290. The van der Waals surface area contributed by atoms with Crippen molar-refractivity contribution >= 4 is 35.8 Å². The van der Waals surface area contributed by atoms with Crippen LogP contribution in [-0.4, -0.2) is 5.75 Å². The number of benzene rings is 1. The molecule has 3 heteroatoms. The third kappa shape index (κ3) is 3.46. The number of hydrogen-bond donors (Lipinski definition) is 1. The van der Waals surface area contributed by atoms with Gasteiger partial charge in [0.05, 0.1) is 0 Å². The first-order chi connectivity index (χ1) is 6.77. The molecule has 0 radical (unpaired) electrons. The molecule has 0 aliphatic heterocycles. The molecule has 14 heavy (non-hydrogen) atoms.